The third-order valence-corrected chi connectivity index (χ3v) is 5.72. The third-order valence-electron chi connectivity index (χ3n) is 5.72. The van der Waals surface area contributed by atoms with Gasteiger partial charge in [0, 0.05) is 85.0 Å². The number of hydrogen-bond acceptors (Lipinski definition) is 4. The Morgan fingerprint density at radius 3 is 1.20 bits per heavy atom. The van der Waals surface area contributed by atoms with E-state index in [9.17, 15) is 0 Å². The molecular formula is C26H36N4. The Bertz CT molecular complexity index is 836. The molecule has 1 aliphatic rings. The van der Waals surface area contributed by atoms with Gasteiger partial charge < -0.3 is 19.6 Å². The van der Waals surface area contributed by atoms with Gasteiger partial charge >= 0.3 is 0 Å². The smallest absolute Gasteiger partial charge is 0.0384 e. The van der Waals surface area contributed by atoms with Crippen LogP contribution in [0.1, 0.15) is 23.5 Å². The van der Waals surface area contributed by atoms with Crippen molar-refractivity contribution in [2.24, 2.45) is 0 Å². The van der Waals surface area contributed by atoms with Gasteiger partial charge in [-0.05, 0) is 59.5 Å². The quantitative estimate of drug-likeness (QED) is 0.646. The minimum absolute atomic E-state index is 0.195. The average molecular weight is 405 g/mol. The highest BCUT2D eigenvalue weighted by molar-refractivity contribution is 5.67. The Morgan fingerprint density at radius 1 is 0.567 bits per heavy atom. The second-order valence-electron chi connectivity index (χ2n) is 8.92. The Balaban J connectivity index is 2.25. The lowest BCUT2D eigenvalue weighted by molar-refractivity contribution is 0.960. The number of nitrogens with zero attached hydrogens (tertiary/aromatic N) is 4. The summed E-state index contributed by atoms with van der Waals surface area (Å²) in [6.07, 6.45) is 7.92. The maximum absolute atomic E-state index is 2.36. The molecule has 0 spiro atoms. The van der Waals surface area contributed by atoms with Crippen LogP contribution in [0.4, 0.5) is 22.7 Å². The standard InChI is InChI=1S/C26H36N4/c1-27(2)22-13-20(14-23(17-22)28(3)4)26(19-11-9-10-12-19)21-15-24(29(5)6)18-25(16-21)30(7)8/h9,11-18,26H,10H2,1-8H3. The molecule has 2 aromatic rings. The van der Waals surface area contributed by atoms with Crippen molar-refractivity contribution in [3.05, 3.63) is 71.3 Å². The van der Waals surface area contributed by atoms with E-state index in [0.717, 1.165) is 6.42 Å². The first kappa shape index (κ1) is 21.8. The summed E-state index contributed by atoms with van der Waals surface area (Å²) in [5, 5.41) is 0. The molecule has 0 N–H and O–H groups in total. The van der Waals surface area contributed by atoms with Crippen LogP contribution >= 0.6 is 0 Å². The van der Waals surface area contributed by atoms with Gasteiger partial charge in [-0.25, -0.2) is 0 Å². The van der Waals surface area contributed by atoms with E-state index in [2.05, 4.69) is 131 Å². The lowest BCUT2D eigenvalue weighted by Gasteiger charge is -2.27. The van der Waals surface area contributed by atoms with Gasteiger partial charge in [0.15, 0.2) is 0 Å². The van der Waals surface area contributed by atoms with Crippen LogP contribution < -0.4 is 19.6 Å². The molecule has 0 saturated heterocycles. The molecule has 2 aromatic carbocycles. The van der Waals surface area contributed by atoms with Gasteiger partial charge in [-0.15, -0.1) is 0 Å². The summed E-state index contributed by atoms with van der Waals surface area (Å²) in [6.45, 7) is 0. The largest absolute Gasteiger partial charge is 0.378 e. The average Bonchev–Trinajstić information content (AvgIpc) is 3.21. The van der Waals surface area contributed by atoms with Gasteiger partial charge in [-0.3, -0.25) is 0 Å². The first-order chi connectivity index (χ1) is 14.2. The van der Waals surface area contributed by atoms with Gasteiger partial charge in [-0.1, -0.05) is 18.2 Å². The summed E-state index contributed by atoms with van der Waals surface area (Å²) in [6, 6.07) is 13.8. The fraction of sp³-hybridized carbons (Fsp3) is 0.385. The molecule has 0 amide bonds. The van der Waals surface area contributed by atoms with E-state index in [1.165, 1.54) is 39.4 Å². The molecule has 4 nitrogen and oxygen atoms in total. The summed E-state index contributed by atoms with van der Waals surface area (Å²) in [7, 11) is 16.9. The summed E-state index contributed by atoms with van der Waals surface area (Å²) >= 11 is 0. The van der Waals surface area contributed by atoms with Crippen LogP contribution in [0.15, 0.2) is 60.2 Å². The molecule has 3 rings (SSSR count). The van der Waals surface area contributed by atoms with Gasteiger partial charge in [0.05, 0.1) is 0 Å². The highest BCUT2D eigenvalue weighted by Gasteiger charge is 2.22. The highest BCUT2D eigenvalue weighted by Crippen LogP contribution is 2.40. The Labute approximate surface area is 182 Å². The second-order valence-corrected chi connectivity index (χ2v) is 8.92. The van der Waals surface area contributed by atoms with E-state index in [1.807, 2.05) is 0 Å². The van der Waals surface area contributed by atoms with E-state index in [4.69, 9.17) is 0 Å². The molecule has 0 atom stereocenters. The zero-order chi connectivity index (χ0) is 22.0. The van der Waals surface area contributed by atoms with Crippen LogP contribution in [0.5, 0.6) is 0 Å². The van der Waals surface area contributed by atoms with Crippen molar-refractivity contribution in [3.8, 4) is 0 Å². The van der Waals surface area contributed by atoms with Crippen molar-refractivity contribution < 1.29 is 0 Å². The molecule has 1 aliphatic carbocycles. The summed E-state index contributed by atoms with van der Waals surface area (Å²) in [5.74, 6) is 0.195. The van der Waals surface area contributed by atoms with Gasteiger partial charge in [0.25, 0.3) is 0 Å². The number of benzene rings is 2. The van der Waals surface area contributed by atoms with Gasteiger partial charge in [0.2, 0.25) is 0 Å². The molecule has 0 bridgehead atoms. The Morgan fingerprint density at radius 2 is 0.933 bits per heavy atom. The molecule has 30 heavy (non-hydrogen) atoms. The van der Waals surface area contributed by atoms with Crippen molar-refractivity contribution >= 4 is 22.7 Å². The maximum Gasteiger partial charge on any atom is 0.0384 e. The van der Waals surface area contributed by atoms with Crippen molar-refractivity contribution in [2.75, 3.05) is 76.0 Å². The van der Waals surface area contributed by atoms with E-state index < -0.39 is 0 Å². The van der Waals surface area contributed by atoms with Gasteiger partial charge in [-0.2, -0.15) is 0 Å². The second kappa shape index (κ2) is 8.86. The van der Waals surface area contributed by atoms with Crippen LogP contribution in [0.3, 0.4) is 0 Å². The number of anilines is 4. The zero-order valence-electron chi connectivity index (χ0n) is 19.8. The molecule has 0 fully saturated rings. The van der Waals surface area contributed by atoms with Crippen LogP contribution in [0, 0.1) is 0 Å². The summed E-state index contributed by atoms with van der Waals surface area (Å²) < 4.78 is 0. The van der Waals surface area contributed by atoms with E-state index in [1.54, 1.807) is 0 Å². The number of rotatable bonds is 7. The lowest BCUT2D eigenvalue weighted by Crippen LogP contribution is -2.16. The number of allylic oxidation sites excluding steroid dienone is 4. The molecular weight excluding hydrogens is 368 g/mol. The van der Waals surface area contributed by atoms with Crippen molar-refractivity contribution in [1.29, 1.82) is 0 Å². The van der Waals surface area contributed by atoms with Crippen molar-refractivity contribution in [1.82, 2.24) is 0 Å². The predicted molar refractivity (Wildman–Crippen MR) is 134 cm³/mol. The Kier molecular flexibility index (Phi) is 6.45. The van der Waals surface area contributed by atoms with Gasteiger partial charge in [0.1, 0.15) is 0 Å². The lowest BCUT2D eigenvalue weighted by atomic mass is 9.84. The van der Waals surface area contributed by atoms with Crippen LogP contribution in [0.25, 0.3) is 0 Å². The first-order valence-corrected chi connectivity index (χ1v) is 10.5. The van der Waals surface area contributed by atoms with Crippen molar-refractivity contribution in [3.63, 3.8) is 0 Å². The van der Waals surface area contributed by atoms with E-state index in [-0.39, 0.29) is 5.92 Å². The molecule has 0 unspecified atom stereocenters. The minimum atomic E-state index is 0.195. The fourth-order valence-corrected chi connectivity index (χ4v) is 3.87. The van der Waals surface area contributed by atoms with Crippen LogP contribution in [0.2, 0.25) is 0 Å². The molecule has 0 radical (unpaired) electrons. The molecule has 4 heteroatoms. The Hall–Kier alpha value is -2.88. The van der Waals surface area contributed by atoms with Crippen LogP contribution in [-0.2, 0) is 0 Å². The first-order valence-electron chi connectivity index (χ1n) is 10.5. The van der Waals surface area contributed by atoms with Crippen molar-refractivity contribution in [2.45, 2.75) is 12.3 Å². The monoisotopic (exact) mass is 404 g/mol. The van der Waals surface area contributed by atoms with E-state index >= 15 is 0 Å². The van der Waals surface area contributed by atoms with Crippen LogP contribution in [-0.4, -0.2) is 56.4 Å². The molecule has 0 heterocycles. The number of hydrogen-bond donors (Lipinski definition) is 0. The molecule has 0 saturated carbocycles. The molecule has 0 aromatic heterocycles. The van der Waals surface area contributed by atoms with E-state index in [0.29, 0.717) is 0 Å². The fourth-order valence-electron chi connectivity index (χ4n) is 3.87. The summed E-state index contributed by atoms with van der Waals surface area (Å²) in [5.41, 5.74) is 8.91. The normalized spacial score (nSPS) is 12.9. The molecule has 160 valence electrons. The molecule has 0 aliphatic heterocycles. The SMILES string of the molecule is CN(C)c1cc(C(C2=CCC=C2)c2cc(N(C)C)cc(N(C)C)c2)cc(N(C)C)c1. The maximum atomic E-state index is 2.36. The predicted octanol–water partition coefficient (Wildman–Crippen LogP) is 4.97. The third kappa shape index (κ3) is 4.64. The zero-order valence-corrected chi connectivity index (χ0v) is 19.8. The highest BCUT2D eigenvalue weighted by atomic mass is 15.1. The summed E-state index contributed by atoms with van der Waals surface area (Å²) in [4.78, 5) is 8.75. The topological polar surface area (TPSA) is 13.0 Å². The minimum Gasteiger partial charge on any atom is -0.378 e.